The van der Waals surface area contributed by atoms with E-state index in [0.29, 0.717) is 28.1 Å². The van der Waals surface area contributed by atoms with Gasteiger partial charge in [-0.05, 0) is 84.1 Å². The molecule has 3 aromatic rings. The Kier molecular flexibility index (Phi) is 7.12. The maximum absolute atomic E-state index is 12.9. The molecule has 0 spiro atoms. The first kappa shape index (κ1) is 21.4. The lowest BCUT2D eigenvalue weighted by atomic mass is 10.1. The number of anilines is 2. The number of nitrogens with one attached hydrogen (secondary N) is 2. The van der Waals surface area contributed by atoms with Crippen LogP contribution in [0.25, 0.3) is 0 Å². The highest BCUT2D eigenvalue weighted by Crippen LogP contribution is 2.22. The highest BCUT2D eigenvalue weighted by Gasteiger charge is 2.16. The standard InChI is InChI=1S/C22H18IN3O4/c1-2-30-22(29)14-5-8-17(9-6-14)25-21(28)18-12-16(23)7-10-19(18)26-20(27)15-4-3-11-24-13-15/h3-13H,2H2,1H3,(H,25,28)(H,26,27). The second-order valence-electron chi connectivity index (χ2n) is 6.14. The summed E-state index contributed by atoms with van der Waals surface area (Å²) in [5, 5.41) is 5.53. The molecule has 0 bridgehead atoms. The zero-order valence-electron chi connectivity index (χ0n) is 16.0. The SMILES string of the molecule is CCOC(=O)c1ccc(NC(=O)c2cc(I)ccc2NC(=O)c2cccnc2)cc1. The van der Waals surface area contributed by atoms with Crippen LogP contribution in [-0.2, 0) is 4.74 Å². The molecule has 0 atom stereocenters. The van der Waals surface area contributed by atoms with Crippen molar-refractivity contribution < 1.29 is 19.1 Å². The molecular formula is C22H18IN3O4. The predicted molar refractivity (Wildman–Crippen MR) is 122 cm³/mol. The predicted octanol–water partition coefficient (Wildman–Crippen LogP) is 4.37. The van der Waals surface area contributed by atoms with E-state index in [1.807, 2.05) is 0 Å². The van der Waals surface area contributed by atoms with E-state index >= 15 is 0 Å². The molecule has 0 aliphatic heterocycles. The van der Waals surface area contributed by atoms with E-state index in [9.17, 15) is 14.4 Å². The van der Waals surface area contributed by atoms with Crippen molar-refractivity contribution in [2.75, 3.05) is 17.2 Å². The molecule has 152 valence electrons. The van der Waals surface area contributed by atoms with Crippen LogP contribution in [0.15, 0.2) is 67.0 Å². The number of halogens is 1. The number of hydrogen-bond donors (Lipinski definition) is 2. The molecule has 0 fully saturated rings. The number of rotatable bonds is 6. The van der Waals surface area contributed by atoms with E-state index in [4.69, 9.17) is 4.74 Å². The highest BCUT2D eigenvalue weighted by molar-refractivity contribution is 14.1. The van der Waals surface area contributed by atoms with Crippen molar-refractivity contribution in [2.24, 2.45) is 0 Å². The van der Waals surface area contributed by atoms with Gasteiger partial charge in [-0.2, -0.15) is 0 Å². The quantitative estimate of drug-likeness (QED) is 0.376. The van der Waals surface area contributed by atoms with Gasteiger partial charge in [0, 0.05) is 21.7 Å². The average molecular weight is 515 g/mol. The number of ether oxygens (including phenoxy) is 1. The number of amides is 2. The Hall–Kier alpha value is -3.27. The van der Waals surface area contributed by atoms with E-state index in [1.165, 1.54) is 6.20 Å². The highest BCUT2D eigenvalue weighted by atomic mass is 127. The van der Waals surface area contributed by atoms with Crippen molar-refractivity contribution >= 4 is 51.7 Å². The van der Waals surface area contributed by atoms with Gasteiger partial charge >= 0.3 is 5.97 Å². The van der Waals surface area contributed by atoms with Crippen molar-refractivity contribution in [3.05, 3.63) is 87.3 Å². The molecule has 0 saturated carbocycles. The normalized spacial score (nSPS) is 10.2. The molecule has 1 aromatic heterocycles. The fourth-order valence-electron chi connectivity index (χ4n) is 2.61. The van der Waals surface area contributed by atoms with Gasteiger partial charge in [0.25, 0.3) is 11.8 Å². The van der Waals surface area contributed by atoms with E-state index in [-0.39, 0.29) is 18.4 Å². The van der Waals surface area contributed by atoms with Gasteiger partial charge in [-0.15, -0.1) is 0 Å². The number of carbonyl (C=O) groups is 3. The number of pyridine rings is 1. The lowest BCUT2D eigenvalue weighted by Crippen LogP contribution is -2.18. The molecule has 0 unspecified atom stereocenters. The molecule has 3 rings (SSSR count). The van der Waals surface area contributed by atoms with Crippen LogP contribution in [0.4, 0.5) is 11.4 Å². The van der Waals surface area contributed by atoms with Gasteiger partial charge in [0.1, 0.15) is 0 Å². The van der Waals surface area contributed by atoms with Crippen molar-refractivity contribution in [2.45, 2.75) is 6.92 Å². The summed E-state index contributed by atoms with van der Waals surface area (Å²) in [6.45, 7) is 2.02. The maximum atomic E-state index is 12.9. The summed E-state index contributed by atoms with van der Waals surface area (Å²) in [6.07, 6.45) is 3.03. The van der Waals surface area contributed by atoms with Gasteiger partial charge in [-0.25, -0.2) is 4.79 Å². The lowest BCUT2D eigenvalue weighted by molar-refractivity contribution is 0.0526. The number of esters is 1. The van der Waals surface area contributed by atoms with Crippen molar-refractivity contribution in [1.82, 2.24) is 4.98 Å². The number of nitrogens with zero attached hydrogens (tertiary/aromatic N) is 1. The number of hydrogen-bond acceptors (Lipinski definition) is 5. The molecule has 8 heteroatoms. The number of aromatic nitrogens is 1. The first-order valence-electron chi connectivity index (χ1n) is 9.07. The number of benzene rings is 2. The Morgan fingerprint density at radius 2 is 1.73 bits per heavy atom. The zero-order chi connectivity index (χ0) is 21.5. The molecule has 0 radical (unpaired) electrons. The molecule has 1 heterocycles. The summed E-state index contributed by atoms with van der Waals surface area (Å²) >= 11 is 2.10. The Morgan fingerprint density at radius 3 is 2.40 bits per heavy atom. The Bertz CT molecular complexity index is 1070. The lowest BCUT2D eigenvalue weighted by Gasteiger charge is -2.12. The monoisotopic (exact) mass is 515 g/mol. The maximum Gasteiger partial charge on any atom is 0.338 e. The van der Waals surface area contributed by atoms with E-state index in [2.05, 4.69) is 38.2 Å². The third kappa shape index (κ3) is 5.41. The third-order valence-corrected chi connectivity index (χ3v) is 4.72. The third-order valence-electron chi connectivity index (χ3n) is 4.05. The topological polar surface area (TPSA) is 97.4 Å². The zero-order valence-corrected chi connectivity index (χ0v) is 18.2. The Labute approximate surface area is 187 Å². The van der Waals surface area contributed by atoms with E-state index in [1.54, 1.807) is 67.7 Å². The summed E-state index contributed by atoms with van der Waals surface area (Å²) in [6, 6.07) is 14.8. The van der Waals surface area contributed by atoms with E-state index in [0.717, 1.165) is 3.57 Å². The van der Waals surface area contributed by atoms with Crippen LogP contribution in [0.2, 0.25) is 0 Å². The van der Waals surface area contributed by atoms with Crippen LogP contribution in [0.1, 0.15) is 38.0 Å². The summed E-state index contributed by atoms with van der Waals surface area (Å²) < 4.78 is 5.79. The van der Waals surface area contributed by atoms with Crippen LogP contribution in [-0.4, -0.2) is 29.4 Å². The molecule has 0 saturated heterocycles. The smallest absolute Gasteiger partial charge is 0.338 e. The number of carbonyl (C=O) groups excluding carboxylic acids is 3. The van der Waals surface area contributed by atoms with Crippen molar-refractivity contribution in [1.29, 1.82) is 0 Å². The van der Waals surface area contributed by atoms with Crippen LogP contribution < -0.4 is 10.6 Å². The minimum atomic E-state index is -0.423. The average Bonchev–Trinajstić information content (AvgIpc) is 2.76. The summed E-state index contributed by atoms with van der Waals surface area (Å²) in [4.78, 5) is 41.0. The Morgan fingerprint density at radius 1 is 0.967 bits per heavy atom. The van der Waals surface area contributed by atoms with Crippen LogP contribution in [0, 0.1) is 3.57 Å². The summed E-state index contributed by atoms with van der Waals surface area (Å²) in [5.41, 5.74) is 1.99. The van der Waals surface area contributed by atoms with Crippen molar-refractivity contribution in [3.63, 3.8) is 0 Å². The fourth-order valence-corrected chi connectivity index (χ4v) is 3.10. The van der Waals surface area contributed by atoms with Gasteiger partial charge in [0.15, 0.2) is 0 Å². The largest absolute Gasteiger partial charge is 0.462 e. The molecule has 0 aliphatic rings. The van der Waals surface area contributed by atoms with Gasteiger partial charge in [0.05, 0.1) is 29.0 Å². The minimum absolute atomic E-state index is 0.289. The first-order valence-corrected chi connectivity index (χ1v) is 10.1. The van der Waals surface area contributed by atoms with E-state index < -0.39 is 5.97 Å². The summed E-state index contributed by atoms with van der Waals surface area (Å²) in [7, 11) is 0. The van der Waals surface area contributed by atoms with Gasteiger partial charge in [-0.3, -0.25) is 14.6 Å². The first-order chi connectivity index (χ1) is 14.5. The van der Waals surface area contributed by atoms with Gasteiger partial charge in [-0.1, -0.05) is 0 Å². The van der Waals surface area contributed by atoms with Gasteiger partial charge < -0.3 is 15.4 Å². The summed E-state index contributed by atoms with van der Waals surface area (Å²) in [5.74, 6) is -1.18. The Balaban J connectivity index is 1.78. The van der Waals surface area contributed by atoms with Crippen LogP contribution in [0.5, 0.6) is 0 Å². The van der Waals surface area contributed by atoms with Crippen molar-refractivity contribution in [3.8, 4) is 0 Å². The molecule has 30 heavy (non-hydrogen) atoms. The van der Waals surface area contributed by atoms with Crippen LogP contribution >= 0.6 is 22.6 Å². The molecule has 2 N–H and O–H groups in total. The second kappa shape index (κ2) is 9.97. The molecular weight excluding hydrogens is 497 g/mol. The van der Waals surface area contributed by atoms with Crippen LogP contribution in [0.3, 0.4) is 0 Å². The minimum Gasteiger partial charge on any atom is -0.462 e. The molecule has 2 aromatic carbocycles. The second-order valence-corrected chi connectivity index (χ2v) is 7.38. The van der Waals surface area contributed by atoms with Gasteiger partial charge in [0.2, 0.25) is 0 Å². The fraction of sp³-hybridized carbons (Fsp3) is 0.0909. The molecule has 7 nitrogen and oxygen atoms in total. The molecule has 0 aliphatic carbocycles. The molecule has 2 amide bonds.